The molecule has 1 saturated heterocycles. The van der Waals surface area contributed by atoms with Crippen LogP contribution in [0, 0.1) is 5.92 Å². The molecule has 3 rings (SSSR count). The second-order valence-electron chi connectivity index (χ2n) is 8.04. The number of ether oxygens (including phenoxy) is 1. The number of nitrogens with one attached hydrogen (secondary N) is 1. The fourth-order valence-electron chi connectivity index (χ4n) is 3.44. The zero-order chi connectivity index (χ0) is 23.3. The van der Waals surface area contributed by atoms with Crippen molar-refractivity contribution in [3.05, 3.63) is 52.0 Å². The molecule has 0 aliphatic carbocycles. The minimum atomic E-state index is -3.54. The molecule has 0 aromatic heterocycles. The van der Waals surface area contributed by atoms with E-state index in [-0.39, 0.29) is 20.5 Å². The summed E-state index contributed by atoms with van der Waals surface area (Å²) < 4.78 is 32.8. The number of nitrogens with zero attached hydrogens (tertiary/aromatic N) is 1. The molecular weight excluding hydrogens is 471 g/mol. The van der Waals surface area contributed by atoms with E-state index in [1.54, 1.807) is 12.1 Å². The summed E-state index contributed by atoms with van der Waals surface area (Å²) >= 11 is 12.5. The average molecular weight is 499 g/mol. The minimum Gasteiger partial charge on any atom is -0.490 e. The zero-order valence-electron chi connectivity index (χ0n) is 18.2. The van der Waals surface area contributed by atoms with E-state index in [9.17, 15) is 13.2 Å². The standard InChI is InChI=1S/C23H28Cl2N2O4S/c1-3-4-13-31-22-20(24)14-17(15-21(22)25)23(28)26-18-5-7-19(8-6-18)32(29,30)27-11-9-16(2)10-12-27/h5-8,14-16H,3-4,9-13H2,1-2H3,(H,26,28). The Morgan fingerprint density at radius 3 is 2.28 bits per heavy atom. The van der Waals surface area contributed by atoms with Gasteiger partial charge in [0.2, 0.25) is 10.0 Å². The molecule has 0 unspecified atom stereocenters. The number of piperidine rings is 1. The highest BCUT2D eigenvalue weighted by atomic mass is 35.5. The molecular formula is C23H28Cl2N2O4S. The fraction of sp³-hybridized carbons (Fsp3) is 0.435. The van der Waals surface area contributed by atoms with Crippen LogP contribution in [-0.4, -0.2) is 38.3 Å². The lowest BCUT2D eigenvalue weighted by Crippen LogP contribution is -2.37. The molecule has 2 aromatic carbocycles. The number of hydrogen-bond acceptors (Lipinski definition) is 4. The van der Waals surface area contributed by atoms with Crippen molar-refractivity contribution in [2.75, 3.05) is 25.0 Å². The van der Waals surface area contributed by atoms with Gasteiger partial charge in [-0.3, -0.25) is 4.79 Å². The molecule has 174 valence electrons. The van der Waals surface area contributed by atoms with Crippen LogP contribution in [0.2, 0.25) is 10.0 Å². The van der Waals surface area contributed by atoms with Crippen LogP contribution in [-0.2, 0) is 10.0 Å². The molecule has 6 nitrogen and oxygen atoms in total. The first-order valence-electron chi connectivity index (χ1n) is 10.8. The third-order valence-corrected chi connectivity index (χ3v) is 7.97. The first-order chi connectivity index (χ1) is 15.2. The summed E-state index contributed by atoms with van der Waals surface area (Å²) in [6.45, 7) is 5.74. The number of halogens is 2. The van der Waals surface area contributed by atoms with Gasteiger partial charge in [0.05, 0.1) is 21.5 Å². The predicted octanol–water partition coefficient (Wildman–Crippen LogP) is 5.85. The summed E-state index contributed by atoms with van der Waals surface area (Å²) in [6.07, 6.45) is 3.58. The molecule has 1 N–H and O–H groups in total. The Morgan fingerprint density at radius 2 is 1.72 bits per heavy atom. The molecule has 0 atom stereocenters. The largest absolute Gasteiger partial charge is 0.490 e. The molecule has 0 saturated carbocycles. The Labute approximate surface area is 199 Å². The molecule has 2 aromatic rings. The van der Waals surface area contributed by atoms with Gasteiger partial charge in [-0.05, 0) is 61.6 Å². The highest BCUT2D eigenvalue weighted by Crippen LogP contribution is 2.34. The van der Waals surface area contributed by atoms with E-state index < -0.39 is 15.9 Å². The van der Waals surface area contributed by atoms with Crippen LogP contribution in [0.25, 0.3) is 0 Å². The summed E-state index contributed by atoms with van der Waals surface area (Å²) in [5, 5.41) is 3.26. The molecule has 1 aliphatic rings. The number of sulfonamides is 1. The van der Waals surface area contributed by atoms with E-state index in [2.05, 4.69) is 19.2 Å². The van der Waals surface area contributed by atoms with E-state index in [4.69, 9.17) is 27.9 Å². The molecule has 0 spiro atoms. The van der Waals surface area contributed by atoms with Crippen LogP contribution in [0.4, 0.5) is 5.69 Å². The number of carbonyl (C=O) groups excluding carboxylic acids is 1. The summed E-state index contributed by atoms with van der Waals surface area (Å²) in [6, 6.07) is 9.16. The number of amides is 1. The zero-order valence-corrected chi connectivity index (χ0v) is 20.6. The third-order valence-electron chi connectivity index (χ3n) is 5.50. The van der Waals surface area contributed by atoms with Crippen LogP contribution in [0.1, 0.15) is 49.9 Å². The maximum Gasteiger partial charge on any atom is 0.255 e. The smallest absolute Gasteiger partial charge is 0.255 e. The van der Waals surface area contributed by atoms with Crippen LogP contribution in [0.5, 0.6) is 5.75 Å². The van der Waals surface area contributed by atoms with Crippen molar-refractivity contribution in [2.24, 2.45) is 5.92 Å². The van der Waals surface area contributed by atoms with Gasteiger partial charge in [0.1, 0.15) is 0 Å². The SMILES string of the molecule is CCCCOc1c(Cl)cc(C(=O)Nc2ccc(S(=O)(=O)N3CCC(C)CC3)cc2)cc1Cl. The molecule has 1 fully saturated rings. The van der Waals surface area contributed by atoms with Gasteiger partial charge in [-0.15, -0.1) is 0 Å². The average Bonchev–Trinajstić information content (AvgIpc) is 2.76. The van der Waals surface area contributed by atoms with Crippen molar-refractivity contribution < 1.29 is 17.9 Å². The van der Waals surface area contributed by atoms with Gasteiger partial charge < -0.3 is 10.1 Å². The number of rotatable bonds is 8. The topological polar surface area (TPSA) is 75.7 Å². The van der Waals surface area contributed by atoms with E-state index >= 15 is 0 Å². The third kappa shape index (κ3) is 5.95. The quantitative estimate of drug-likeness (QED) is 0.463. The van der Waals surface area contributed by atoms with Gasteiger partial charge in [0.15, 0.2) is 5.75 Å². The van der Waals surface area contributed by atoms with E-state index in [0.717, 1.165) is 25.7 Å². The van der Waals surface area contributed by atoms with Crippen LogP contribution in [0.3, 0.4) is 0 Å². The summed E-state index contributed by atoms with van der Waals surface area (Å²) in [7, 11) is -3.54. The first-order valence-corrected chi connectivity index (χ1v) is 13.0. The molecule has 0 radical (unpaired) electrons. The van der Waals surface area contributed by atoms with Crippen LogP contribution < -0.4 is 10.1 Å². The number of hydrogen-bond donors (Lipinski definition) is 1. The second-order valence-corrected chi connectivity index (χ2v) is 10.8. The van der Waals surface area contributed by atoms with Crippen molar-refractivity contribution in [1.82, 2.24) is 4.31 Å². The number of unbranched alkanes of at least 4 members (excludes halogenated alkanes) is 1. The number of anilines is 1. The molecule has 0 bridgehead atoms. The highest BCUT2D eigenvalue weighted by Gasteiger charge is 2.28. The van der Waals surface area contributed by atoms with Crippen molar-refractivity contribution in [3.8, 4) is 5.75 Å². The Balaban J connectivity index is 1.68. The second kappa shape index (κ2) is 10.9. The van der Waals surface area contributed by atoms with Gasteiger partial charge in [-0.25, -0.2) is 8.42 Å². The normalized spacial score (nSPS) is 15.5. The van der Waals surface area contributed by atoms with Gasteiger partial charge in [0, 0.05) is 24.3 Å². The monoisotopic (exact) mass is 498 g/mol. The summed E-state index contributed by atoms with van der Waals surface area (Å²) in [5.41, 5.74) is 0.749. The van der Waals surface area contributed by atoms with Crippen molar-refractivity contribution in [1.29, 1.82) is 0 Å². The van der Waals surface area contributed by atoms with Crippen molar-refractivity contribution >= 4 is 44.8 Å². The van der Waals surface area contributed by atoms with Gasteiger partial charge in [-0.1, -0.05) is 43.5 Å². The van der Waals surface area contributed by atoms with Crippen molar-refractivity contribution in [2.45, 2.75) is 44.4 Å². The minimum absolute atomic E-state index is 0.213. The molecule has 1 amide bonds. The molecule has 1 heterocycles. The Morgan fingerprint density at radius 1 is 1.12 bits per heavy atom. The fourth-order valence-corrected chi connectivity index (χ4v) is 5.50. The van der Waals surface area contributed by atoms with E-state index in [0.29, 0.717) is 37.1 Å². The lowest BCUT2D eigenvalue weighted by molar-refractivity contribution is 0.102. The predicted molar refractivity (Wildman–Crippen MR) is 128 cm³/mol. The maximum atomic E-state index is 12.8. The number of carbonyl (C=O) groups is 1. The highest BCUT2D eigenvalue weighted by molar-refractivity contribution is 7.89. The first kappa shape index (κ1) is 24.8. The Hall–Kier alpha value is -1.80. The van der Waals surface area contributed by atoms with E-state index in [1.807, 2.05) is 0 Å². The number of benzene rings is 2. The van der Waals surface area contributed by atoms with Gasteiger partial charge in [0.25, 0.3) is 5.91 Å². The van der Waals surface area contributed by atoms with Crippen LogP contribution in [0.15, 0.2) is 41.3 Å². The Kier molecular flexibility index (Phi) is 8.44. The van der Waals surface area contributed by atoms with Crippen LogP contribution >= 0.6 is 23.2 Å². The lowest BCUT2D eigenvalue weighted by Gasteiger charge is -2.29. The summed E-state index contributed by atoms with van der Waals surface area (Å²) in [4.78, 5) is 12.9. The lowest BCUT2D eigenvalue weighted by atomic mass is 10.0. The molecule has 32 heavy (non-hydrogen) atoms. The maximum absolute atomic E-state index is 12.8. The van der Waals surface area contributed by atoms with E-state index in [1.165, 1.54) is 28.6 Å². The molecule has 1 aliphatic heterocycles. The summed E-state index contributed by atoms with van der Waals surface area (Å²) in [5.74, 6) is 0.493. The van der Waals surface area contributed by atoms with Gasteiger partial charge in [-0.2, -0.15) is 4.31 Å². The van der Waals surface area contributed by atoms with Crippen molar-refractivity contribution in [3.63, 3.8) is 0 Å². The van der Waals surface area contributed by atoms with Gasteiger partial charge >= 0.3 is 0 Å². The Bertz CT molecular complexity index is 1030. The molecule has 9 heteroatoms.